The summed E-state index contributed by atoms with van der Waals surface area (Å²) in [6, 6.07) is 13.4. The Morgan fingerprint density at radius 2 is 1.66 bits per heavy atom. The van der Waals surface area contributed by atoms with Crippen LogP contribution in [0.25, 0.3) is 22.3 Å². The predicted molar refractivity (Wildman–Crippen MR) is 111 cm³/mol. The van der Waals surface area contributed by atoms with Crippen LogP contribution in [-0.4, -0.2) is 30.6 Å². The summed E-state index contributed by atoms with van der Waals surface area (Å²) in [5.41, 5.74) is 10.6. The lowest BCUT2D eigenvalue weighted by Gasteiger charge is -2.11. The molecule has 8 heteroatoms. The van der Waals surface area contributed by atoms with Gasteiger partial charge in [-0.3, -0.25) is 20.3 Å². The number of nitrogens with one attached hydrogen (secondary N) is 2. The molecule has 0 bridgehead atoms. The second kappa shape index (κ2) is 7.31. The van der Waals surface area contributed by atoms with Crippen molar-refractivity contribution in [2.24, 2.45) is 7.05 Å². The van der Waals surface area contributed by atoms with Gasteiger partial charge in [-0.1, -0.05) is 30.3 Å². The summed E-state index contributed by atoms with van der Waals surface area (Å²) in [6.45, 7) is 5.61. The van der Waals surface area contributed by atoms with Gasteiger partial charge in [0.2, 0.25) is 5.95 Å². The van der Waals surface area contributed by atoms with E-state index in [9.17, 15) is 4.79 Å². The van der Waals surface area contributed by atoms with E-state index in [-0.39, 0.29) is 5.91 Å². The highest BCUT2D eigenvalue weighted by atomic mass is 16.2. The second-order valence-electron chi connectivity index (χ2n) is 6.88. The van der Waals surface area contributed by atoms with E-state index in [4.69, 9.17) is 4.98 Å². The Morgan fingerprint density at radius 3 is 2.34 bits per heavy atom. The van der Waals surface area contributed by atoms with Crippen LogP contribution >= 0.6 is 0 Å². The van der Waals surface area contributed by atoms with Crippen LogP contribution in [0.15, 0.2) is 42.5 Å². The Kier molecular flexibility index (Phi) is 4.67. The third-order valence-corrected chi connectivity index (χ3v) is 4.55. The predicted octanol–water partition coefficient (Wildman–Crippen LogP) is 3.11. The Morgan fingerprint density at radius 1 is 0.966 bits per heavy atom. The molecule has 3 aromatic heterocycles. The van der Waals surface area contributed by atoms with Gasteiger partial charge < -0.3 is 0 Å². The summed E-state index contributed by atoms with van der Waals surface area (Å²) >= 11 is 0. The number of hydrazine groups is 1. The first-order chi connectivity index (χ1) is 13.9. The van der Waals surface area contributed by atoms with E-state index in [2.05, 4.69) is 25.9 Å². The monoisotopic (exact) mass is 387 g/mol. The molecule has 0 spiro atoms. The maximum atomic E-state index is 13.1. The zero-order valence-electron chi connectivity index (χ0n) is 16.7. The molecular formula is C21H21N7O. The van der Waals surface area contributed by atoms with Gasteiger partial charge in [-0.15, -0.1) is 0 Å². The third kappa shape index (κ3) is 3.64. The molecule has 0 fully saturated rings. The number of hydrogen-bond acceptors (Lipinski definition) is 6. The third-order valence-electron chi connectivity index (χ3n) is 4.55. The van der Waals surface area contributed by atoms with Gasteiger partial charge in [-0.05, 0) is 32.9 Å². The molecule has 1 aromatic carbocycles. The van der Waals surface area contributed by atoms with Gasteiger partial charge >= 0.3 is 0 Å². The minimum absolute atomic E-state index is 0.312. The zero-order valence-corrected chi connectivity index (χ0v) is 16.7. The average Bonchev–Trinajstić information content (AvgIpc) is 2.99. The van der Waals surface area contributed by atoms with Crippen LogP contribution < -0.4 is 10.9 Å². The Balaban J connectivity index is 1.74. The van der Waals surface area contributed by atoms with E-state index in [1.165, 1.54) is 0 Å². The van der Waals surface area contributed by atoms with E-state index in [1.807, 2.05) is 64.2 Å². The molecule has 0 aliphatic carbocycles. The van der Waals surface area contributed by atoms with Crippen molar-refractivity contribution in [1.29, 1.82) is 0 Å². The fourth-order valence-electron chi connectivity index (χ4n) is 3.34. The highest BCUT2D eigenvalue weighted by Gasteiger charge is 2.19. The van der Waals surface area contributed by atoms with Crippen molar-refractivity contribution in [3.8, 4) is 11.3 Å². The lowest BCUT2D eigenvalue weighted by atomic mass is 10.1. The second-order valence-corrected chi connectivity index (χ2v) is 6.88. The van der Waals surface area contributed by atoms with Gasteiger partial charge in [0.1, 0.15) is 0 Å². The minimum Gasteiger partial charge on any atom is -0.267 e. The van der Waals surface area contributed by atoms with Crippen molar-refractivity contribution < 1.29 is 4.79 Å². The summed E-state index contributed by atoms with van der Waals surface area (Å²) in [4.78, 5) is 26.3. The molecule has 146 valence electrons. The number of pyridine rings is 1. The summed E-state index contributed by atoms with van der Waals surface area (Å²) in [5, 5.41) is 5.15. The Labute approximate surface area is 168 Å². The van der Waals surface area contributed by atoms with E-state index < -0.39 is 0 Å². The smallest absolute Gasteiger partial charge is 0.267 e. The van der Waals surface area contributed by atoms with Crippen LogP contribution in [0.5, 0.6) is 0 Å². The number of fused-ring (bicyclic) bond motifs is 1. The normalized spacial score (nSPS) is 10.9. The van der Waals surface area contributed by atoms with Gasteiger partial charge in [0.25, 0.3) is 5.91 Å². The highest BCUT2D eigenvalue weighted by Crippen LogP contribution is 2.26. The Bertz CT molecular complexity index is 1190. The van der Waals surface area contributed by atoms with Crippen LogP contribution in [0.4, 0.5) is 5.95 Å². The van der Waals surface area contributed by atoms with Gasteiger partial charge in [-0.25, -0.2) is 15.0 Å². The van der Waals surface area contributed by atoms with Crippen molar-refractivity contribution >= 4 is 22.9 Å². The number of carbonyl (C=O) groups is 1. The number of aromatic nitrogens is 5. The standard InChI is InChI=1S/C21H21N7O/c1-12-10-13(2)23-21(22-12)26-25-20(29)16-11-17(15-8-6-5-7-9-15)24-19-18(16)14(3)27-28(19)4/h5-11H,1-4H3,(H,25,29)(H,22,23,26). The topological polar surface area (TPSA) is 97.6 Å². The van der Waals surface area contributed by atoms with Crippen molar-refractivity contribution in [2.75, 3.05) is 5.43 Å². The number of benzene rings is 1. The van der Waals surface area contributed by atoms with Gasteiger partial charge in [0, 0.05) is 24.0 Å². The molecule has 4 rings (SSSR count). The maximum Gasteiger partial charge on any atom is 0.270 e. The van der Waals surface area contributed by atoms with Crippen LogP contribution in [0.2, 0.25) is 0 Å². The molecule has 0 saturated heterocycles. The summed E-state index contributed by atoms with van der Waals surface area (Å²) < 4.78 is 1.69. The average molecular weight is 387 g/mol. The molecule has 0 radical (unpaired) electrons. The Hall–Kier alpha value is -3.81. The van der Waals surface area contributed by atoms with Gasteiger partial charge in [0.05, 0.1) is 22.3 Å². The number of amides is 1. The number of nitrogens with zero attached hydrogens (tertiary/aromatic N) is 5. The van der Waals surface area contributed by atoms with E-state index in [0.717, 1.165) is 22.6 Å². The zero-order chi connectivity index (χ0) is 20.5. The van der Waals surface area contributed by atoms with Crippen molar-refractivity contribution in [1.82, 2.24) is 30.2 Å². The first-order valence-electron chi connectivity index (χ1n) is 9.21. The molecule has 0 aliphatic rings. The number of anilines is 1. The van der Waals surface area contributed by atoms with Crippen molar-refractivity contribution in [3.63, 3.8) is 0 Å². The molecule has 2 N–H and O–H groups in total. The maximum absolute atomic E-state index is 13.1. The molecule has 3 heterocycles. The molecule has 0 aliphatic heterocycles. The summed E-state index contributed by atoms with van der Waals surface area (Å²) in [6.07, 6.45) is 0. The quantitative estimate of drug-likeness (QED) is 0.522. The van der Waals surface area contributed by atoms with Crippen molar-refractivity contribution in [3.05, 3.63) is 65.1 Å². The van der Waals surface area contributed by atoms with Crippen LogP contribution in [0.3, 0.4) is 0 Å². The highest BCUT2D eigenvalue weighted by molar-refractivity contribution is 6.07. The first-order valence-corrected chi connectivity index (χ1v) is 9.21. The van der Waals surface area contributed by atoms with Crippen LogP contribution in [0, 0.1) is 20.8 Å². The molecule has 0 atom stereocenters. The van der Waals surface area contributed by atoms with Crippen LogP contribution in [-0.2, 0) is 7.05 Å². The van der Waals surface area contributed by atoms with E-state index in [1.54, 1.807) is 10.7 Å². The largest absolute Gasteiger partial charge is 0.270 e. The fraction of sp³-hybridized carbons (Fsp3) is 0.190. The van der Waals surface area contributed by atoms with Gasteiger partial charge in [0.15, 0.2) is 5.65 Å². The molecule has 0 unspecified atom stereocenters. The lowest BCUT2D eigenvalue weighted by Crippen LogP contribution is -2.30. The summed E-state index contributed by atoms with van der Waals surface area (Å²) in [7, 11) is 1.82. The SMILES string of the molecule is Cc1cc(C)nc(NNC(=O)c2cc(-c3ccccc3)nc3c2c(C)nn3C)n1. The van der Waals surface area contributed by atoms with Gasteiger partial charge in [-0.2, -0.15) is 5.10 Å². The number of carbonyl (C=O) groups excluding carboxylic acids is 1. The minimum atomic E-state index is -0.312. The number of hydrogen-bond donors (Lipinski definition) is 2. The van der Waals surface area contributed by atoms with E-state index >= 15 is 0 Å². The lowest BCUT2D eigenvalue weighted by molar-refractivity contribution is 0.0964. The molecule has 4 aromatic rings. The molecule has 1 amide bonds. The summed E-state index contributed by atoms with van der Waals surface area (Å²) in [5.74, 6) is 0.0285. The first kappa shape index (κ1) is 18.5. The molecular weight excluding hydrogens is 366 g/mol. The fourth-order valence-corrected chi connectivity index (χ4v) is 3.34. The van der Waals surface area contributed by atoms with Crippen LogP contribution in [0.1, 0.15) is 27.4 Å². The number of aryl methyl sites for hydroxylation is 4. The van der Waals surface area contributed by atoms with E-state index in [0.29, 0.717) is 28.2 Å². The number of rotatable bonds is 4. The molecule has 0 saturated carbocycles. The molecule has 8 nitrogen and oxygen atoms in total. The molecule has 29 heavy (non-hydrogen) atoms. The van der Waals surface area contributed by atoms with Crippen molar-refractivity contribution in [2.45, 2.75) is 20.8 Å².